The lowest BCUT2D eigenvalue weighted by Crippen LogP contribution is -2.61. The summed E-state index contributed by atoms with van der Waals surface area (Å²) in [5.74, 6) is -2.24. The van der Waals surface area contributed by atoms with Crippen LogP contribution in [0.4, 0.5) is 0 Å². The summed E-state index contributed by atoms with van der Waals surface area (Å²) in [5, 5.41) is 12.3. The van der Waals surface area contributed by atoms with Crippen LogP contribution in [-0.4, -0.2) is 86.6 Å². The Bertz CT molecular complexity index is 1470. The highest BCUT2D eigenvalue weighted by atomic mass is 32.1. The highest BCUT2D eigenvalue weighted by Crippen LogP contribution is 2.64. The Morgan fingerprint density at radius 3 is 2.82 bits per heavy atom. The highest BCUT2D eigenvalue weighted by molar-refractivity contribution is 7.80. The summed E-state index contributed by atoms with van der Waals surface area (Å²) in [5.41, 5.74) is -0.181. The lowest BCUT2D eigenvalue weighted by molar-refractivity contribution is -0.172. The molecule has 45 heavy (non-hydrogen) atoms. The fourth-order valence-corrected chi connectivity index (χ4v) is 8.34. The van der Waals surface area contributed by atoms with Gasteiger partial charge in [-0.1, -0.05) is 32.1 Å². The van der Waals surface area contributed by atoms with E-state index in [2.05, 4.69) is 28.2 Å². The molecule has 11 nitrogen and oxygen atoms in total. The number of ether oxygens (including phenoxy) is 5. The summed E-state index contributed by atoms with van der Waals surface area (Å²) in [7, 11) is 1.49. The van der Waals surface area contributed by atoms with E-state index in [1.807, 2.05) is 27.7 Å². The Kier molecular flexibility index (Phi) is 8.53. The van der Waals surface area contributed by atoms with E-state index < -0.39 is 53.5 Å². The van der Waals surface area contributed by atoms with Crippen molar-refractivity contribution in [1.82, 2.24) is 14.5 Å². The number of imidazole rings is 1. The molecule has 1 spiro atoms. The van der Waals surface area contributed by atoms with Gasteiger partial charge in [0.15, 0.2) is 6.10 Å². The number of aliphatic hydroxyl groups excluding tert-OH is 1. The number of nitrogens with one attached hydrogen (secondary N) is 1. The third kappa shape index (κ3) is 5.35. The summed E-state index contributed by atoms with van der Waals surface area (Å²) in [6.45, 7) is 8.07. The number of H-pyrrole nitrogens is 1. The molecule has 1 saturated carbocycles. The molecule has 0 radical (unpaired) electrons. The monoisotopic (exact) mass is 639 g/mol. The number of aliphatic hydroxyl groups is 1. The van der Waals surface area contributed by atoms with E-state index in [0.29, 0.717) is 25.1 Å². The van der Waals surface area contributed by atoms with Gasteiger partial charge >= 0.3 is 11.9 Å². The van der Waals surface area contributed by atoms with Gasteiger partial charge in [0.1, 0.15) is 35.9 Å². The maximum atomic E-state index is 13.6. The van der Waals surface area contributed by atoms with Crippen LogP contribution in [0.5, 0.6) is 0 Å². The molecule has 0 aromatic carbocycles. The van der Waals surface area contributed by atoms with Crippen LogP contribution in [0.15, 0.2) is 60.9 Å². The maximum absolute atomic E-state index is 13.6. The Labute approximate surface area is 267 Å². The van der Waals surface area contributed by atoms with Crippen molar-refractivity contribution in [1.29, 1.82) is 0 Å². The third-order valence-corrected chi connectivity index (χ3v) is 10.7. The number of esters is 2. The van der Waals surface area contributed by atoms with Crippen LogP contribution in [-0.2, 0) is 28.5 Å². The number of nitrogens with zero attached hydrogens (tertiary/aromatic N) is 2. The molecule has 2 aromatic rings. The van der Waals surface area contributed by atoms with Gasteiger partial charge in [0.05, 0.1) is 12.7 Å². The molecular formula is C33H41N3O8S. The quantitative estimate of drug-likeness (QED) is 0.282. The van der Waals surface area contributed by atoms with Crippen LogP contribution < -0.4 is 0 Å². The first-order valence-corrected chi connectivity index (χ1v) is 15.9. The number of aromatic amines is 1. The SMILES string of the molecule is CO[C@@H]1C[C@H]2C=CC34CO[C@]2(/C(C)=C/[C@@H](C)C(C(C)OC(=S)n2ccnc2)OC1=O)C3[C@H](O)[C@@H](C)[C@@H](OC(=O)c1ccc[nH]1)C4. The number of aromatic nitrogens is 3. The van der Waals surface area contributed by atoms with Gasteiger partial charge in [-0.3, -0.25) is 4.57 Å². The van der Waals surface area contributed by atoms with E-state index in [0.717, 1.165) is 5.57 Å². The Morgan fingerprint density at radius 2 is 2.13 bits per heavy atom. The van der Waals surface area contributed by atoms with Crippen LogP contribution in [0.25, 0.3) is 0 Å². The summed E-state index contributed by atoms with van der Waals surface area (Å²) in [6, 6.07) is 3.41. The number of thiocarbonyl (C=S) groups is 1. The van der Waals surface area contributed by atoms with Gasteiger partial charge in [-0.15, -0.1) is 0 Å². The average molecular weight is 640 g/mol. The topological polar surface area (TPSA) is 134 Å². The van der Waals surface area contributed by atoms with Crippen molar-refractivity contribution in [2.75, 3.05) is 13.7 Å². The molecule has 2 N–H and O–H groups in total. The zero-order valence-corrected chi connectivity index (χ0v) is 26.9. The first kappa shape index (κ1) is 31.7. The Balaban J connectivity index is 1.34. The van der Waals surface area contributed by atoms with E-state index in [-0.39, 0.29) is 28.8 Å². The molecule has 2 bridgehead atoms. The van der Waals surface area contributed by atoms with Crippen LogP contribution in [0.3, 0.4) is 0 Å². The van der Waals surface area contributed by atoms with E-state index >= 15 is 0 Å². The van der Waals surface area contributed by atoms with Gasteiger partial charge in [0.25, 0.3) is 5.17 Å². The fourth-order valence-electron chi connectivity index (χ4n) is 8.08. The number of carbonyl (C=O) groups is 2. The molecule has 4 heterocycles. The molecule has 2 aliphatic carbocycles. The van der Waals surface area contributed by atoms with Gasteiger partial charge in [0, 0.05) is 54.8 Å². The number of carbonyl (C=O) groups excluding carboxylic acids is 2. The molecule has 0 amide bonds. The van der Waals surface area contributed by atoms with Crippen LogP contribution in [0.1, 0.15) is 51.0 Å². The van der Waals surface area contributed by atoms with E-state index in [4.69, 9.17) is 35.9 Å². The van der Waals surface area contributed by atoms with Crippen LogP contribution in [0.2, 0.25) is 0 Å². The molecule has 6 rings (SSSR count). The van der Waals surface area contributed by atoms with Gasteiger partial charge in [-0.25, -0.2) is 14.6 Å². The normalized spacial score (nSPS) is 39.4. The number of hydrogen-bond donors (Lipinski definition) is 2. The van der Waals surface area contributed by atoms with Crippen molar-refractivity contribution in [2.45, 2.75) is 76.7 Å². The van der Waals surface area contributed by atoms with Crippen LogP contribution >= 0.6 is 12.2 Å². The smallest absolute Gasteiger partial charge is 0.355 e. The Morgan fingerprint density at radius 1 is 1.33 bits per heavy atom. The second-order valence-corrected chi connectivity index (χ2v) is 13.3. The number of rotatable bonds is 5. The Hall–Kier alpha value is -3.32. The predicted molar refractivity (Wildman–Crippen MR) is 166 cm³/mol. The lowest BCUT2D eigenvalue weighted by atomic mass is 9.51. The summed E-state index contributed by atoms with van der Waals surface area (Å²) < 4.78 is 32.3. The number of methoxy groups -OCH3 is 1. The second-order valence-electron chi connectivity index (χ2n) is 13.0. The lowest BCUT2D eigenvalue weighted by Gasteiger charge is -2.55. The molecular weight excluding hydrogens is 598 g/mol. The predicted octanol–water partition coefficient (Wildman–Crippen LogP) is 3.85. The van der Waals surface area contributed by atoms with Gasteiger partial charge in [-0.2, -0.15) is 0 Å². The zero-order valence-electron chi connectivity index (χ0n) is 26.1. The van der Waals surface area contributed by atoms with Crippen molar-refractivity contribution < 1.29 is 38.4 Å². The molecule has 4 unspecified atom stereocenters. The first-order chi connectivity index (χ1) is 21.5. The van der Waals surface area contributed by atoms with Crippen molar-refractivity contribution in [2.24, 2.45) is 29.1 Å². The average Bonchev–Trinajstić information content (AvgIpc) is 3.78. The fraction of sp³-hybridized carbons (Fsp3) is 0.576. The highest BCUT2D eigenvalue weighted by Gasteiger charge is 2.69. The summed E-state index contributed by atoms with van der Waals surface area (Å²) in [6.07, 6.45) is 10.0. The van der Waals surface area contributed by atoms with E-state index in [1.54, 1.807) is 41.6 Å². The van der Waals surface area contributed by atoms with Crippen molar-refractivity contribution in [3.8, 4) is 0 Å². The standard InChI is InChI=1S/C33H41N3O8S/c1-18-13-19(2)33-22(14-24(40-5)30(39)44-27(18)21(4)42-31(45)36-12-11-34-17-36)8-9-32(16-41-33)15-25(20(3)26(37)28(32)33)43-29(38)23-7-6-10-35-23/h6-13,17-18,20-22,24-28,35,37H,14-16H2,1-5H3/b19-13+/t18-,20+,21?,22-,24-,25+,26-,27?,28?,32?,33+/m1/s1. The molecule has 2 fully saturated rings. The maximum Gasteiger partial charge on any atom is 0.355 e. The minimum absolute atomic E-state index is 0.190. The summed E-state index contributed by atoms with van der Waals surface area (Å²) in [4.78, 5) is 33.4. The molecule has 4 aliphatic rings. The minimum atomic E-state index is -0.916. The largest absolute Gasteiger partial charge is 0.463 e. The van der Waals surface area contributed by atoms with Crippen molar-refractivity contribution in [3.05, 3.63) is 66.5 Å². The number of cyclic esters (lactones) is 1. The van der Waals surface area contributed by atoms with E-state index in [1.165, 1.54) is 7.11 Å². The van der Waals surface area contributed by atoms with Crippen molar-refractivity contribution in [3.63, 3.8) is 0 Å². The minimum Gasteiger partial charge on any atom is -0.463 e. The zero-order chi connectivity index (χ0) is 32.1. The third-order valence-electron chi connectivity index (χ3n) is 10.4. The van der Waals surface area contributed by atoms with Gasteiger partial charge < -0.3 is 33.8 Å². The molecule has 1 saturated heterocycles. The van der Waals surface area contributed by atoms with Crippen molar-refractivity contribution >= 4 is 29.3 Å². The van der Waals surface area contributed by atoms with Gasteiger partial charge in [0.2, 0.25) is 0 Å². The summed E-state index contributed by atoms with van der Waals surface area (Å²) >= 11 is 5.46. The van der Waals surface area contributed by atoms with Crippen LogP contribution in [0, 0.1) is 29.1 Å². The van der Waals surface area contributed by atoms with Gasteiger partial charge in [-0.05, 0) is 56.6 Å². The number of hydrogen-bond acceptors (Lipinski definition) is 10. The van der Waals surface area contributed by atoms with E-state index in [9.17, 15) is 14.7 Å². The molecule has 2 aliphatic heterocycles. The first-order valence-electron chi connectivity index (χ1n) is 15.5. The molecule has 12 heteroatoms. The molecule has 242 valence electrons. The molecule has 11 atom stereocenters. The molecule has 2 aromatic heterocycles. The second kappa shape index (κ2) is 12.1.